The summed E-state index contributed by atoms with van der Waals surface area (Å²) < 4.78 is 5.49. The summed E-state index contributed by atoms with van der Waals surface area (Å²) in [6.07, 6.45) is 72.3. The van der Waals surface area contributed by atoms with E-state index in [1.54, 1.807) is 0 Å². The number of hydrogen-bond donors (Lipinski definition) is 3. The van der Waals surface area contributed by atoms with Crippen LogP contribution in [0.4, 0.5) is 0 Å². The smallest absolute Gasteiger partial charge is 0.305 e. The van der Waals surface area contributed by atoms with E-state index in [0.717, 1.165) is 44.9 Å². The Balaban J connectivity index is 3.33. The summed E-state index contributed by atoms with van der Waals surface area (Å²) in [4.78, 5) is 24.5. The van der Waals surface area contributed by atoms with Crippen molar-refractivity contribution in [3.8, 4) is 0 Å². The monoisotopic (exact) mass is 988 g/mol. The van der Waals surface area contributed by atoms with E-state index in [1.807, 2.05) is 0 Å². The van der Waals surface area contributed by atoms with Gasteiger partial charge in [0.1, 0.15) is 0 Å². The highest BCUT2D eigenvalue weighted by Gasteiger charge is 2.20. The van der Waals surface area contributed by atoms with Crippen LogP contribution < -0.4 is 5.32 Å². The zero-order valence-electron chi connectivity index (χ0n) is 47.5. The lowest BCUT2D eigenvalue weighted by molar-refractivity contribution is -0.143. The van der Waals surface area contributed by atoms with Gasteiger partial charge in [-0.25, -0.2) is 0 Å². The molecule has 0 rings (SSSR count). The maximum absolute atomic E-state index is 12.5. The predicted molar refractivity (Wildman–Crippen MR) is 306 cm³/mol. The van der Waals surface area contributed by atoms with Crippen LogP contribution in [0.1, 0.15) is 361 Å². The molecule has 0 aliphatic carbocycles. The quantitative estimate of drug-likeness (QED) is 0.0321. The minimum Gasteiger partial charge on any atom is -0.466 e. The molecule has 0 aliphatic rings. The van der Waals surface area contributed by atoms with E-state index < -0.39 is 12.1 Å². The van der Waals surface area contributed by atoms with Gasteiger partial charge < -0.3 is 20.3 Å². The van der Waals surface area contributed by atoms with Crippen LogP contribution in [0.3, 0.4) is 0 Å². The number of esters is 1. The van der Waals surface area contributed by atoms with Crippen LogP contribution in [-0.4, -0.2) is 47.4 Å². The molecule has 0 saturated heterocycles. The summed E-state index contributed by atoms with van der Waals surface area (Å²) in [5.41, 5.74) is 0. The average Bonchev–Trinajstić information content (AvgIpc) is 3.36. The summed E-state index contributed by atoms with van der Waals surface area (Å²) in [6, 6.07) is -0.538. The minimum atomic E-state index is -0.661. The molecule has 0 spiro atoms. The Morgan fingerprint density at radius 1 is 0.386 bits per heavy atom. The average molecular weight is 989 g/mol. The van der Waals surface area contributed by atoms with Gasteiger partial charge in [0, 0.05) is 12.8 Å². The molecule has 70 heavy (non-hydrogen) atoms. The Morgan fingerprint density at radius 3 is 1.01 bits per heavy atom. The highest BCUT2D eigenvalue weighted by molar-refractivity contribution is 5.76. The molecule has 0 bridgehead atoms. The maximum Gasteiger partial charge on any atom is 0.305 e. The van der Waals surface area contributed by atoms with Crippen molar-refractivity contribution in [1.82, 2.24) is 5.32 Å². The first-order valence-electron chi connectivity index (χ1n) is 31.9. The van der Waals surface area contributed by atoms with Gasteiger partial charge in [0.25, 0.3) is 0 Å². The Bertz CT molecular complexity index is 1050. The summed E-state index contributed by atoms with van der Waals surface area (Å²) in [6.45, 7) is 4.97. The van der Waals surface area contributed by atoms with Crippen LogP contribution in [0, 0.1) is 0 Å². The fourth-order valence-electron chi connectivity index (χ4n) is 10.2. The second kappa shape index (κ2) is 60.2. The van der Waals surface area contributed by atoms with Gasteiger partial charge in [0.15, 0.2) is 0 Å². The first-order chi connectivity index (χ1) is 34.5. The first-order valence-corrected chi connectivity index (χ1v) is 31.9. The van der Waals surface area contributed by atoms with Crippen molar-refractivity contribution < 1.29 is 24.5 Å². The minimum absolute atomic E-state index is 0.00967. The number of carbonyl (C=O) groups is 2. The van der Waals surface area contributed by atoms with Gasteiger partial charge in [0.05, 0.1) is 25.4 Å². The molecule has 0 radical (unpaired) electrons. The van der Waals surface area contributed by atoms with Gasteiger partial charge in [-0.2, -0.15) is 0 Å². The van der Waals surface area contributed by atoms with Crippen molar-refractivity contribution in [2.24, 2.45) is 0 Å². The summed E-state index contributed by atoms with van der Waals surface area (Å²) in [5, 5.41) is 23.2. The van der Waals surface area contributed by atoms with Crippen molar-refractivity contribution in [3.05, 3.63) is 12.2 Å². The number of aliphatic hydroxyl groups excluding tert-OH is 2. The molecule has 2 unspecified atom stereocenters. The molecule has 0 heterocycles. The molecule has 0 saturated carbocycles. The Morgan fingerprint density at radius 2 is 0.671 bits per heavy atom. The van der Waals surface area contributed by atoms with E-state index in [9.17, 15) is 19.8 Å². The molecule has 6 heteroatoms. The summed E-state index contributed by atoms with van der Waals surface area (Å²) >= 11 is 0. The summed E-state index contributed by atoms with van der Waals surface area (Å²) in [7, 11) is 0. The third-order valence-corrected chi connectivity index (χ3v) is 15.1. The lowest BCUT2D eigenvalue weighted by atomic mass is 10.0. The maximum atomic E-state index is 12.5. The molecular weight excluding hydrogens is 863 g/mol. The molecule has 3 N–H and O–H groups in total. The number of hydrogen-bond acceptors (Lipinski definition) is 5. The highest BCUT2D eigenvalue weighted by Crippen LogP contribution is 2.18. The second-order valence-electron chi connectivity index (χ2n) is 22.1. The van der Waals surface area contributed by atoms with Crippen molar-refractivity contribution >= 4 is 11.9 Å². The Labute approximate surface area is 438 Å². The van der Waals surface area contributed by atoms with Crippen LogP contribution in [0.2, 0.25) is 0 Å². The molecule has 6 nitrogen and oxygen atoms in total. The zero-order chi connectivity index (χ0) is 50.7. The van der Waals surface area contributed by atoms with Gasteiger partial charge in [-0.05, 0) is 51.4 Å². The molecule has 0 fully saturated rings. The number of ether oxygens (including phenoxy) is 1. The highest BCUT2D eigenvalue weighted by atomic mass is 16.5. The fourth-order valence-corrected chi connectivity index (χ4v) is 10.2. The van der Waals surface area contributed by atoms with Crippen molar-refractivity contribution in [2.75, 3.05) is 13.2 Å². The SMILES string of the molecule is CCCCCCCCC/C=C\CCCCCCCC(=O)OCCCCCCCCCCCCCCCCCCCCCCCCCCCC(=O)NC(CO)C(O)CCCCCCCCCCCCCC. The number of carbonyl (C=O) groups excluding carboxylic acids is 2. The largest absolute Gasteiger partial charge is 0.466 e. The zero-order valence-corrected chi connectivity index (χ0v) is 47.5. The molecule has 0 aliphatic heterocycles. The summed E-state index contributed by atoms with van der Waals surface area (Å²) in [5.74, 6) is -0.0223. The fraction of sp³-hybridized carbons (Fsp3) is 0.938. The lowest BCUT2D eigenvalue weighted by Crippen LogP contribution is -2.45. The third kappa shape index (κ3) is 55.9. The number of rotatable bonds is 60. The molecule has 0 aromatic rings. The van der Waals surface area contributed by atoms with E-state index in [2.05, 4.69) is 31.3 Å². The van der Waals surface area contributed by atoms with E-state index in [1.165, 1.54) is 283 Å². The molecule has 0 aromatic heterocycles. The number of nitrogens with one attached hydrogen (secondary N) is 1. The van der Waals surface area contributed by atoms with E-state index in [0.29, 0.717) is 25.9 Å². The van der Waals surface area contributed by atoms with E-state index in [-0.39, 0.29) is 18.5 Å². The Kier molecular flexibility index (Phi) is 59.0. The topological polar surface area (TPSA) is 95.9 Å². The third-order valence-electron chi connectivity index (χ3n) is 15.1. The molecular formula is C64H125NO5. The van der Waals surface area contributed by atoms with Crippen molar-refractivity contribution in [3.63, 3.8) is 0 Å². The molecule has 416 valence electrons. The van der Waals surface area contributed by atoms with Crippen molar-refractivity contribution in [2.45, 2.75) is 373 Å². The molecule has 0 aromatic carbocycles. The molecule has 2 atom stereocenters. The predicted octanol–water partition coefficient (Wildman–Crippen LogP) is 20.0. The number of aliphatic hydroxyl groups is 2. The molecule has 1 amide bonds. The van der Waals surface area contributed by atoms with Crippen LogP contribution >= 0.6 is 0 Å². The van der Waals surface area contributed by atoms with E-state index in [4.69, 9.17) is 4.74 Å². The second-order valence-corrected chi connectivity index (χ2v) is 22.1. The van der Waals surface area contributed by atoms with Gasteiger partial charge in [-0.1, -0.05) is 309 Å². The number of amides is 1. The van der Waals surface area contributed by atoms with Crippen LogP contribution in [0.5, 0.6) is 0 Å². The van der Waals surface area contributed by atoms with Crippen LogP contribution in [-0.2, 0) is 14.3 Å². The number of unbranched alkanes of at least 4 members (excludes halogenated alkanes) is 47. The van der Waals surface area contributed by atoms with Crippen molar-refractivity contribution in [1.29, 1.82) is 0 Å². The van der Waals surface area contributed by atoms with Crippen LogP contribution in [0.25, 0.3) is 0 Å². The standard InChI is InChI=1S/C64H125NO5/c1-3-5-7-9-11-13-15-17-18-31-34-38-42-46-50-54-58-64(69)70-59-55-51-47-43-39-35-32-29-27-25-23-21-19-20-22-24-26-28-30-33-37-41-45-49-53-57-63(68)65-61(60-66)62(67)56-52-48-44-40-36-16-14-12-10-8-6-4-2/h18,31,61-62,66-67H,3-17,19-30,32-60H2,1-2H3,(H,65,68)/b31-18-. The van der Waals surface area contributed by atoms with Crippen LogP contribution in [0.15, 0.2) is 12.2 Å². The first kappa shape index (κ1) is 68.6. The van der Waals surface area contributed by atoms with Gasteiger partial charge in [0.2, 0.25) is 5.91 Å². The van der Waals surface area contributed by atoms with Gasteiger partial charge in [-0.15, -0.1) is 0 Å². The van der Waals surface area contributed by atoms with Gasteiger partial charge >= 0.3 is 5.97 Å². The lowest BCUT2D eigenvalue weighted by Gasteiger charge is -2.22. The van der Waals surface area contributed by atoms with E-state index >= 15 is 0 Å². The normalized spacial score (nSPS) is 12.6. The Hall–Kier alpha value is -1.40. The van der Waals surface area contributed by atoms with Gasteiger partial charge in [-0.3, -0.25) is 9.59 Å². The number of allylic oxidation sites excluding steroid dienone is 2.